The summed E-state index contributed by atoms with van der Waals surface area (Å²) in [7, 11) is 0. The van der Waals surface area contributed by atoms with Crippen LogP contribution in [0.1, 0.15) is 37.0 Å². The zero-order valence-electron chi connectivity index (χ0n) is 15.7. The third kappa shape index (κ3) is 8.12. The van der Waals surface area contributed by atoms with E-state index >= 15 is 0 Å². The molecule has 0 amide bonds. The van der Waals surface area contributed by atoms with Crippen LogP contribution in [0.3, 0.4) is 0 Å². The molecule has 27 heavy (non-hydrogen) atoms. The van der Waals surface area contributed by atoms with Gasteiger partial charge in [-0.1, -0.05) is 60.7 Å². The maximum absolute atomic E-state index is 8.56. The third-order valence-corrected chi connectivity index (χ3v) is 3.79. The minimum atomic E-state index is -0.375. The first kappa shape index (κ1) is 23.2. The Kier molecular flexibility index (Phi) is 10.7. The summed E-state index contributed by atoms with van der Waals surface area (Å²) < 4.78 is 0. The fraction of sp³-hybridized carbons (Fsp3) is 0.208. The van der Waals surface area contributed by atoms with E-state index in [0.717, 1.165) is 5.56 Å². The summed E-state index contributed by atoms with van der Waals surface area (Å²) in [5.74, 6) is 1.22. The third-order valence-electron chi connectivity index (χ3n) is 3.79. The number of aliphatic hydroxyl groups excluding tert-OH is 2. The molecule has 3 rings (SSSR count). The topological polar surface area (TPSA) is 40.5 Å². The van der Waals surface area contributed by atoms with E-state index in [1.165, 1.54) is 17.0 Å². The van der Waals surface area contributed by atoms with Crippen LogP contribution in [0, 0.1) is 12.0 Å². The van der Waals surface area contributed by atoms with Crippen molar-refractivity contribution in [1.82, 2.24) is 0 Å². The molecule has 3 aromatic rings. The Balaban J connectivity index is 0.000000395. The minimum Gasteiger partial charge on any atom is -0.393 e. The van der Waals surface area contributed by atoms with Crippen molar-refractivity contribution in [2.45, 2.75) is 32.5 Å². The Morgan fingerprint density at radius 1 is 0.741 bits per heavy atom. The van der Waals surface area contributed by atoms with E-state index in [4.69, 9.17) is 10.2 Å². The molecule has 0 aliphatic rings. The van der Waals surface area contributed by atoms with Gasteiger partial charge >= 0.3 is 20.4 Å². The first-order chi connectivity index (χ1) is 12.6. The van der Waals surface area contributed by atoms with Crippen molar-refractivity contribution in [3.8, 4) is 0 Å². The molecule has 0 aliphatic heterocycles. The fourth-order valence-electron chi connectivity index (χ4n) is 2.73. The van der Waals surface area contributed by atoms with Crippen molar-refractivity contribution in [3.05, 3.63) is 114 Å². The maximum Gasteiger partial charge on any atom is 2.00 e. The van der Waals surface area contributed by atoms with Gasteiger partial charge in [0.25, 0.3) is 0 Å². The molecule has 2 atom stereocenters. The van der Waals surface area contributed by atoms with E-state index in [-0.39, 0.29) is 32.6 Å². The molecule has 0 radical (unpaired) electrons. The maximum atomic E-state index is 8.56. The van der Waals surface area contributed by atoms with Gasteiger partial charge in [-0.3, -0.25) is 11.6 Å². The smallest absolute Gasteiger partial charge is 0.393 e. The Morgan fingerprint density at radius 2 is 1.19 bits per heavy atom. The van der Waals surface area contributed by atoms with Gasteiger partial charge in [0.2, 0.25) is 0 Å². The van der Waals surface area contributed by atoms with Gasteiger partial charge in [-0.15, -0.1) is 11.1 Å². The summed E-state index contributed by atoms with van der Waals surface area (Å²) in [5, 5.41) is 17.1. The fourth-order valence-corrected chi connectivity index (χ4v) is 2.73. The molecule has 0 saturated heterocycles. The number of benzene rings is 3. The first-order valence-corrected chi connectivity index (χ1v) is 8.89. The number of hydrogen-bond acceptors (Lipinski definition) is 2. The normalized spacial score (nSPS) is 12.0. The van der Waals surface area contributed by atoms with Gasteiger partial charge in [0.05, 0.1) is 12.2 Å². The van der Waals surface area contributed by atoms with Crippen LogP contribution in [0.4, 0.5) is 0 Å². The van der Waals surface area contributed by atoms with Crippen LogP contribution in [0.5, 0.6) is 0 Å². The molecular formula is C24H26O2Pd. The summed E-state index contributed by atoms with van der Waals surface area (Å²) >= 11 is 0. The van der Waals surface area contributed by atoms with Crippen LogP contribution < -0.4 is 0 Å². The number of aliphatic hydroxyl groups is 2. The molecule has 2 N–H and O–H groups in total. The zero-order chi connectivity index (χ0) is 18.8. The molecule has 0 aromatic heterocycles. The van der Waals surface area contributed by atoms with Crippen LogP contribution in [0.15, 0.2) is 84.9 Å². The molecule has 0 aliphatic carbocycles. The van der Waals surface area contributed by atoms with Crippen LogP contribution >= 0.6 is 0 Å². The SMILES string of the molecule is CC(O)CC(C)O.[Pd+2].[c-]1ccccc1[C-](c1ccccc1)c1ccccc1. The standard InChI is InChI=1S/C19H14.C5H12O2.Pd/c1-4-10-16(11-5-1)19(17-12-6-2-7-13-17)18-14-8-3-9-15-18;1-4(6)3-5(2)7;/h1-14H;4-7H,3H2,1-2H3;/q-2;;+2. The van der Waals surface area contributed by atoms with E-state index in [1.54, 1.807) is 13.8 Å². The molecule has 0 bridgehead atoms. The molecular weight excluding hydrogens is 427 g/mol. The van der Waals surface area contributed by atoms with Crippen molar-refractivity contribution >= 4 is 0 Å². The van der Waals surface area contributed by atoms with E-state index in [1.807, 2.05) is 24.3 Å². The monoisotopic (exact) mass is 452 g/mol. The van der Waals surface area contributed by atoms with Crippen LogP contribution in [-0.4, -0.2) is 22.4 Å². The van der Waals surface area contributed by atoms with E-state index < -0.39 is 0 Å². The zero-order valence-corrected chi connectivity index (χ0v) is 17.2. The second-order valence-corrected chi connectivity index (χ2v) is 6.32. The quantitative estimate of drug-likeness (QED) is 0.336. The van der Waals surface area contributed by atoms with Gasteiger partial charge < -0.3 is 10.2 Å². The summed E-state index contributed by atoms with van der Waals surface area (Å²) in [6.45, 7) is 3.32. The predicted molar refractivity (Wildman–Crippen MR) is 107 cm³/mol. The second kappa shape index (κ2) is 12.5. The van der Waals surface area contributed by atoms with Gasteiger partial charge in [-0.05, 0) is 20.3 Å². The van der Waals surface area contributed by atoms with Crippen molar-refractivity contribution < 1.29 is 30.6 Å². The molecule has 3 aromatic carbocycles. The van der Waals surface area contributed by atoms with Crippen molar-refractivity contribution in [1.29, 1.82) is 0 Å². The minimum absolute atomic E-state index is 0. The number of hydrogen-bond donors (Lipinski definition) is 2. The Labute approximate surface area is 176 Å². The van der Waals surface area contributed by atoms with E-state index in [9.17, 15) is 0 Å². The molecule has 0 heterocycles. The van der Waals surface area contributed by atoms with Gasteiger partial charge in [0.15, 0.2) is 0 Å². The Hall–Kier alpha value is -1.89. The average Bonchev–Trinajstić information content (AvgIpc) is 2.64. The summed E-state index contributed by atoms with van der Waals surface area (Å²) in [4.78, 5) is 0. The average molecular weight is 453 g/mol. The van der Waals surface area contributed by atoms with Crippen molar-refractivity contribution in [3.63, 3.8) is 0 Å². The van der Waals surface area contributed by atoms with E-state index in [0.29, 0.717) is 6.42 Å². The first-order valence-electron chi connectivity index (χ1n) is 8.89. The van der Waals surface area contributed by atoms with Crippen LogP contribution in [0.25, 0.3) is 0 Å². The number of rotatable bonds is 5. The molecule has 0 spiro atoms. The van der Waals surface area contributed by atoms with Gasteiger partial charge in [0, 0.05) is 0 Å². The molecule has 2 nitrogen and oxygen atoms in total. The van der Waals surface area contributed by atoms with Crippen LogP contribution in [0.2, 0.25) is 0 Å². The molecule has 0 saturated carbocycles. The van der Waals surface area contributed by atoms with Gasteiger partial charge in [-0.2, -0.15) is 5.92 Å². The summed E-state index contributed by atoms with van der Waals surface area (Å²) in [6, 6.07) is 32.4. The molecule has 3 heteroatoms. The Bertz CT molecular complexity index is 628. The predicted octanol–water partition coefficient (Wildman–Crippen LogP) is 4.64. The molecule has 144 valence electrons. The second-order valence-electron chi connectivity index (χ2n) is 6.32. The van der Waals surface area contributed by atoms with Gasteiger partial charge in [-0.25, -0.2) is 24.3 Å². The van der Waals surface area contributed by atoms with Crippen molar-refractivity contribution in [2.75, 3.05) is 0 Å². The largest absolute Gasteiger partial charge is 2.00 e. The molecule has 2 unspecified atom stereocenters. The van der Waals surface area contributed by atoms with E-state index in [2.05, 4.69) is 66.7 Å². The van der Waals surface area contributed by atoms with Crippen LogP contribution in [-0.2, 0) is 20.4 Å². The van der Waals surface area contributed by atoms with Gasteiger partial charge in [0.1, 0.15) is 0 Å². The van der Waals surface area contributed by atoms with Crippen molar-refractivity contribution in [2.24, 2.45) is 0 Å². The Morgan fingerprint density at radius 3 is 1.52 bits per heavy atom. The summed E-state index contributed by atoms with van der Waals surface area (Å²) in [5.41, 5.74) is 3.56. The molecule has 0 fully saturated rings. The summed E-state index contributed by atoms with van der Waals surface area (Å²) in [6.07, 6.45) is -0.278.